The lowest BCUT2D eigenvalue weighted by Crippen LogP contribution is -2.36. The zero-order chi connectivity index (χ0) is 19.4. The molecule has 1 aromatic heterocycles. The molecule has 1 heterocycles. The molecule has 0 saturated heterocycles. The van der Waals surface area contributed by atoms with Crippen LogP contribution in [0.4, 0.5) is 8.78 Å². The molecular weight excluding hydrogens is 360 g/mol. The number of carbonyl (C=O) groups is 1. The van der Waals surface area contributed by atoms with Gasteiger partial charge in [-0.3, -0.25) is 19.1 Å². The van der Waals surface area contributed by atoms with E-state index in [4.69, 9.17) is 0 Å². The van der Waals surface area contributed by atoms with Gasteiger partial charge in [0.1, 0.15) is 12.3 Å². The van der Waals surface area contributed by atoms with Crippen molar-refractivity contribution in [3.05, 3.63) is 74.9 Å². The fourth-order valence-corrected chi connectivity index (χ4v) is 2.65. The smallest absolute Gasteiger partial charge is 0.387 e. The molecule has 0 spiro atoms. The second-order valence-corrected chi connectivity index (χ2v) is 5.63. The first kappa shape index (κ1) is 18.3. The number of amides is 1. The van der Waals surface area contributed by atoms with Gasteiger partial charge >= 0.3 is 12.3 Å². The SMILES string of the molecule is O=C(Cn1c(=O)[nH]c(=O)c2ccccc21)NCc1ccccc1OC(F)F. The van der Waals surface area contributed by atoms with Crippen molar-refractivity contribution in [2.24, 2.45) is 0 Å². The van der Waals surface area contributed by atoms with Crippen LogP contribution in [0.1, 0.15) is 5.56 Å². The fraction of sp³-hybridized carbons (Fsp3) is 0.167. The Balaban J connectivity index is 1.78. The van der Waals surface area contributed by atoms with Crippen LogP contribution in [0.15, 0.2) is 58.1 Å². The van der Waals surface area contributed by atoms with Gasteiger partial charge in [-0.05, 0) is 18.2 Å². The highest BCUT2D eigenvalue weighted by atomic mass is 19.3. The lowest BCUT2D eigenvalue weighted by atomic mass is 10.2. The number of nitrogens with zero attached hydrogens (tertiary/aromatic N) is 1. The van der Waals surface area contributed by atoms with Crippen LogP contribution in [0.25, 0.3) is 10.9 Å². The number of alkyl halides is 2. The number of nitrogens with one attached hydrogen (secondary N) is 2. The maximum Gasteiger partial charge on any atom is 0.387 e. The summed E-state index contributed by atoms with van der Waals surface area (Å²) in [4.78, 5) is 38.3. The molecule has 0 unspecified atom stereocenters. The first-order valence-corrected chi connectivity index (χ1v) is 7.97. The van der Waals surface area contributed by atoms with Crippen LogP contribution in [-0.2, 0) is 17.9 Å². The number of rotatable bonds is 6. The number of carbonyl (C=O) groups excluding carboxylic acids is 1. The Labute approximate surface area is 151 Å². The van der Waals surface area contributed by atoms with Crippen molar-refractivity contribution in [2.45, 2.75) is 19.7 Å². The summed E-state index contributed by atoms with van der Waals surface area (Å²) in [5.41, 5.74) is -0.562. The van der Waals surface area contributed by atoms with E-state index in [9.17, 15) is 23.2 Å². The first-order valence-electron chi connectivity index (χ1n) is 7.97. The molecule has 0 aliphatic rings. The second-order valence-electron chi connectivity index (χ2n) is 5.63. The van der Waals surface area contributed by atoms with E-state index >= 15 is 0 Å². The van der Waals surface area contributed by atoms with Gasteiger partial charge in [-0.2, -0.15) is 8.78 Å². The third-order valence-corrected chi connectivity index (χ3v) is 3.87. The van der Waals surface area contributed by atoms with E-state index in [2.05, 4.69) is 15.0 Å². The number of fused-ring (bicyclic) bond motifs is 1. The molecule has 3 rings (SSSR count). The molecule has 9 heteroatoms. The van der Waals surface area contributed by atoms with Gasteiger partial charge in [0, 0.05) is 12.1 Å². The Hall–Kier alpha value is -3.49. The third-order valence-electron chi connectivity index (χ3n) is 3.87. The molecule has 140 valence electrons. The molecule has 0 aliphatic heterocycles. The monoisotopic (exact) mass is 375 g/mol. The molecule has 27 heavy (non-hydrogen) atoms. The summed E-state index contributed by atoms with van der Waals surface area (Å²) in [7, 11) is 0. The highest BCUT2D eigenvalue weighted by Crippen LogP contribution is 2.19. The van der Waals surface area contributed by atoms with Crippen LogP contribution in [0.3, 0.4) is 0 Å². The van der Waals surface area contributed by atoms with E-state index in [-0.39, 0.29) is 24.2 Å². The normalized spacial score (nSPS) is 10.9. The number of para-hydroxylation sites is 2. The fourth-order valence-electron chi connectivity index (χ4n) is 2.65. The molecule has 0 fully saturated rings. The van der Waals surface area contributed by atoms with Crippen molar-refractivity contribution in [3.63, 3.8) is 0 Å². The summed E-state index contributed by atoms with van der Waals surface area (Å²) >= 11 is 0. The van der Waals surface area contributed by atoms with E-state index < -0.39 is 23.8 Å². The van der Waals surface area contributed by atoms with Gasteiger partial charge in [0.2, 0.25) is 5.91 Å². The molecular formula is C18H15F2N3O4. The molecule has 2 N–H and O–H groups in total. The Kier molecular flexibility index (Phi) is 5.30. The first-order chi connectivity index (χ1) is 13.0. The highest BCUT2D eigenvalue weighted by molar-refractivity contribution is 5.81. The lowest BCUT2D eigenvalue weighted by molar-refractivity contribution is -0.121. The minimum Gasteiger partial charge on any atom is -0.434 e. The average Bonchev–Trinajstić information content (AvgIpc) is 2.64. The molecule has 1 amide bonds. The standard InChI is InChI=1S/C18H15F2N3O4/c19-17(20)27-14-8-4-1-5-11(14)9-21-15(24)10-23-13-7-3-2-6-12(13)16(25)22-18(23)26/h1-8,17H,9-10H2,(H,21,24)(H,22,25,26). The summed E-state index contributed by atoms with van der Waals surface area (Å²) in [6, 6.07) is 12.5. The van der Waals surface area contributed by atoms with Gasteiger partial charge in [-0.15, -0.1) is 0 Å². The number of hydrogen-bond donors (Lipinski definition) is 2. The quantitative estimate of drug-likeness (QED) is 0.685. The number of benzene rings is 2. The van der Waals surface area contributed by atoms with Gasteiger partial charge < -0.3 is 10.1 Å². The average molecular weight is 375 g/mol. The van der Waals surface area contributed by atoms with Crippen molar-refractivity contribution < 1.29 is 18.3 Å². The summed E-state index contributed by atoms with van der Waals surface area (Å²) in [6.45, 7) is -3.38. The number of ether oxygens (including phenoxy) is 1. The molecule has 3 aromatic rings. The third kappa shape index (κ3) is 4.20. The maximum absolute atomic E-state index is 12.4. The summed E-state index contributed by atoms with van der Waals surface area (Å²) in [5, 5.41) is 2.83. The minimum atomic E-state index is -2.98. The van der Waals surface area contributed by atoms with E-state index in [1.807, 2.05) is 0 Å². The van der Waals surface area contributed by atoms with Crippen molar-refractivity contribution in [2.75, 3.05) is 0 Å². The highest BCUT2D eigenvalue weighted by Gasteiger charge is 2.13. The maximum atomic E-state index is 12.4. The van der Waals surface area contributed by atoms with Crippen molar-refractivity contribution in [3.8, 4) is 5.75 Å². The zero-order valence-corrected chi connectivity index (χ0v) is 13.9. The Morgan fingerprint density at radius 2 is 1.81 bits per heavy atom. The molecule has 0 radical (unpaired) electrons. The number of halogens is 2. The second kappa shape index (κ2) is 7.81. The predicted molar refractivity (Wildman–Crippen MR) is 93.7 cm³/mol. The summed E-state index contributed by atoms with van der Waals surface area (Å²) in [5.74, 6) is -0.569. The largest absolute Gasteiger partial charge is 0.434 e. The van der Waals surface area contributed by atoms with E-state index in [0.29, 0.717) is 11.1 Å². The van der Waals surface area contributed by atoms with E-state index in [1.165, 1.54) is 12.1 Å². The Morgan fingerprint density at radius 1 is 1.11 bits per heavy atom. The number of aromatic amines is 1. The number of aromatic nitrogens is 2. The van der Waals surface area contributed by atoms with Crippen LogP contribution in [0.5, 0.6) is 5.75 Å². The topological polar surface area (TPSA) is 93.2 Å². The van der Waals surface area contributed by atoms with Crippen LogP contribution in [-0.4, -0.2) is 22.1 Å². The van der Waals surface area contributed by atoms with Crippen molar-refractivity contribution >= 4 is 16.8 Å². The molecule has 0 bridgehead atoms. The summed E-state index contributed by atoms with van der Waals surface area (Å²) in [6.07, 6.45) is 0. The molecule has 7 nitrogen and oxygen atoms in total. The van der Waals surface area contributed by atoms with Gasteiger partial charge in [-0.25, -0.2) is 4.79 Å². The predicted octanol–water partition coefficient (Wildman–Crippen LogP) is 1.61. The van der Waals surface area contributed by atoms with E-state index in [1.54, 1.807) is 36.4 Å². The number of H-pyrrole nitrogens is 1. The van der Waals surface area contributed by atoms with Crippen LogP contribution in [0, 0.1) is 0 Å². The molecule has 0 saturated carbocycles. The lowest BCUT2D eigenvalue weighted by Gasteiger charge is -2.12. The van der Waals surface area contributed by atoms with Crippen molar-refractivity contribution in [1.29, 1.82) is 0 Å². The Bertz CT molecular complexity index is 1090. The molecule has 2 aromatic carbocycles. The molecule has 0 atom stereocenters. The van der Waals surface area contributed by atoms with Gasteiger partial charge in [0.05, 0.1) is 10.9 Å². The Morgan fingerprint density at radius 3 is 2.59 bits per heavy atom. The van der Waals surface area contributed by atoms with Gasteiger partial charge in [-0.1, -0.05) is 30.3 Å². The van der Waals surface area contributed by atoms with Gasteiger partial charge in [0.25, 0.3) is 5.56 Å². The van der Waals surface area contributed by atoms with Crippen LogP contribution < -0.4 is 21.3 Å². The van der Waals surface area contributed by atoms with Crippen molar-refractivity contribution in [1.82, 2.24) is 14.9 Å². The number of hydrogen-bond acceptors (Lipinski definition) is 4. The van der Waals surface area contributed by atoms with Crippen LogP contribution in [0.2, 0.25) is 0 Å². The summed E-state index contributed by atoms with van der Waals surface area (Å²) < 4.78 is 30.4. The van der Waals surface area contributed by atoms with E-state index in [0.717, 1.165) is 4.57 Å². The van der Waals surface area contributed by atoms with Gasteiger partial charge in [0.15, 0.2) is 0 Å². The minimum absolute atomic E-state index is 0.0422. The van der Waals surface area contributed by atoms with Crippen LogP contribution >= 0.6 is 0 Å². The zero-order valence-electron chi connectivity index (χ0n) is 13.9. The molecule has 0 aliphatic carbocycles.